The number of ether oxygens (including phenoxy) is 1. The molecule has 102 valence electrons. The molecule has 19 heavy (non-hydrogen) atoms. The van der Waals surface area contributed by atoms with Crippen LogP contribution < -0.4 is 15.8 Å². The van der Waals surface area contributed by atoms with Gasteiger partial charge in [0.15, 0.2) is 6.61 Å². The smallest absolute Gasteiger partial charge is 0.255 e. The summed E-state index contributed by atoms with van der Waals surface area (Å²) in [4.78, 5) is 10.7. The first-order valence-corrected chi connectivity index (χ1v) is 6.64. The van der Waals surface area contributed by atoms with Crippen LogP contribution in [0.5, 0.6) is 5.75 Å². The Labute approximate surface area is 113 Å². The summed E-state index contributed by atoms with van der Waals surface area (Å²) in [6.07, 6.45) is 8.05. The molecule has 1 aromatic carbocycles. The summed E-state index contributed by atoms with van der Waals surface area (Å²) in [7, 11) is 0. The van der Waals surface area contributed by atoms with Crippen molar-refractivity contribution in [3.63, 3.8) is 0 Å². The number of allylic oxidation sites excluding steroid dienone is 2. The Balaban J connectivity index is 1.84. The Morgan fingerprint density at radius 2 is 2.32 bits per heavy atom. The Bertz CT molecular complexity index is 457. The minimum Gasteiger partial charge on any atom is -0.484 e. The monoisotopic (exact) mass is 260 g/mol. The highest BCUT2D eigenvalue weighted by molar-refractivity contribution is 5.75. The lowest BCUT2D eigenvalue weighted by atomic mass is 9.94. The third kappa shape index (κ3) is 4.66. The van der Waals surface area contributed by atoms with E-state index in [1.165, 1.54) is 12.8 Å². The second-order valence-corrected chi connectivity index (χ2v) is 4.81. The minimum absolute atomic E-state index is 0.0864. The van der Waals surface area contributed by atoms with Crippen LogP contribution in [0.3, 0.4) is 0 Å². The fraction of sp³-hybridized carbons (Fsp3) is 0.400. The topological polar surface area (TPSA) is 64.4 Å². The van der Waals surface area contributed by atoms with Gasteiger partial charge in [-0.05, 0) is 37.3 Å². The maximum Gasteiger partial charge on any atom is 0.255 e. The molecule has 0 saturated heterocycles. The van der Waals surface area contributed by atoms with E-state index >= 15 is 0 Å². The van der Waals surface area contributed by atoms with Crippen LogP contribution in [0, 0.1) is 5.92 Å². The number of primary amides is 1. The van der Waals surface area contributed by atoms with Gasteiger partial charge in [0.1, 0.15) is 5.75 Å². The summed E-state index contributed by atoms with van der Waals surface area (Å²) >= 11 is 0. The maximum atomic E-state index is 10.7. The molecule has 0 aliphatic heterocycles. The molecule has 0 saturated carbocycles. The van der Waals surface area contributed by atoms with E-state index in [0.717, 1.165) is 18.7 Å². The number of nitrogens with two attached hydrogens (primary N) is 1. The van der Waals surface area contributed by atoms with Crippen molar-refractivity contribution in [2.24, 2.45) is 11.7 Å². The predicted octanol–water partition coefficient (Wildman–Crippen LogP) is 2.32. The van der Waals surface area contributed by atoms with Gasteiger partial charge in [0, 0.05) is 18.3 Å². The van der Waals surface area contributed by atoms with Gasteiger partial charge in [-0.25, -0.2) is 0 Å². The number of hydrogen-bond donors (Lipinski definition) is 2. The highest BCUT2D eigenvalue weighted by Crippen LogP contribution is 2.21. The quantitative estimate of drug-likeness (QED) is 0.771. The van der Waals surface area contributed by atoms with Crippen LogP contribution in [0.1, 0.15) is 19.3 Å². The van der Waals surface area contributed by atoms with Crippen molar-refractivity contribution in [1.82, 2.24) is 0 Å². The lowest BCUT2D eigenvalue weighted by molar-refractivity contribution is -0.119. The number of benzene rings is 1. The van der Waals surface area contributed by atoms with Crippen LogP contribution in [0.4, 0.5) is 5.69 Å². The Hall–Kier alpha value is -1.97. The standard InChI is InChI=1S/C15H20N2O2/c16-15(18)11-19-14-8-4-7-13(9-14)17-10-12-5-2-1-3-6-12/h1-2,4,7-9,12,17H,3,5-6,10-11H2,(H2,16,18). The van der Waals surface area contributed by atoms with Crippen molar-refractivity contribution < 1.29 is 9.53 Å². The van der Waals surface area contributed by atoms with E-state index in [-0.39, 0.29) is 6.61 Å². The van der Waals surface area contributed by atoms with Crippen molar-refractivity contribution in [3.05, 3.63) is 36.4 Å². The van der Waals surface area contributed by atoms with Gasteiger partial charge in [-0.3, -0.25) is 4.79 Å². The average Bonchev–Trinajstić information content (AvgIpc) is 2.44. The molecule has 1 atom stereocenters. The molecule has 0 spiro atoms. The fourth-order valence-corrected chi connectivity index (χ4v) is 2.15. The zero-order valence-corrected chi connectivity index (χ0v) is 11.0. The SMILES string of the molecule is NC(=O)COc1cccc(NCC2CC=CCC2)c1. The first-order valence-electron chi connectivity index (χ1n) is 6.64. The normalized spacial score (nSPS) is 18.0. The molecular formula is C15H20N2O2. The van der Waals surface area contributed by atoms with Crippen LogP contribution in [0.15, 0.2) is 36.4 Å². The summed E-state index contributed by atoms with van der Waals surface area (Å²) in [5.41, 5.74) is 6.06. The Morgan fingerprint density at radius 3 is 3.05 bits per heavy atom. The van der Waals surface area contributed by atoms with Gasteiger partial charge in [0.2, 0.25) is 0 Å². The molecule has 1 amide bonds. The van der Waals surface area contributed by atoms with Crippen molar-refractivity contribution >= 4 is 11.6 Å². The molecule has 0 radical (unpaired) electrons. The third-order valence-corrected chi connectivity index (χ3v) is 3.19. The average molecular weight is 260 g/mol. The van der Waals surface area contributed by atoms with E-state index in [1.54, 1.807) is 0 Å². The molecule has 4 heteroatoms. The molecule has 1 unspecified atom stereocenters. The van der Waals surface area contributed by atoms with Crippen LogP contribution in [0.2, 0.25) is 0 Å². The molecule has 3 N–H and O–H groups in total. The summed E-state index contributed by atoms with van der Waals surface area (Å²) in [6.45, 7) is 0.875. The molecular weight excluding hydrogens is 240 g/mol. The fourth-order valence-electron chi connectivity index (χ4n) is 2.15. The molecule has 0 bridgehead atoms. The number of carbonyl (C=O) groups excluding carboxylic acids is 1. The van der Waals surface area contributed by atoms with Crippen LogP contribution in [-0.4, -0.2) is 19.1 Å². The van der Waals surface area contributed by atoms with Crippen LogP contribution >= 0.6 is 0 Å². The van der Waals surface area contributed by atoms with Gasteiger partial charge < -0.3 is 15.8 Å². The van der Waals surface area contributed by atoms with Gasteiger partial charge in [-0.1, -0.05) is 18.2 Å². The maximum absolute atomic E-state index is 10.7. The van der Waals surface area contributed by atoms with Gasteiger partial charge in [0.05, 0.1) is 0 Å². The van der Waals surface area contributed by atoms with Crippen molar-refractivity contribution in [3.8, 4) is 5.75 Å². The molecule has 0 aromatic heterocycles. The van der Waals surface area contributed by atoms with Gasteiger partial charge in [-0.2, -0.15) is 0 Å². The summed E-state index contributed by atoms with van der Waals surface area (Å²) in [6, 6.07) is 7.61. The predicted molar refractivity (Wildman–Crippen MR) is 76.1 cm³/mol. The molecule has 0 fully saturated rings. The number of nitrogens with one attached hydrogen (secondary N) is 1. The zero-order chi connectivity index (χ0) is 13.5. The Morgan fingerprint density at radius 1 is 1.42 bits per heavy atom. The van der Waals surface area contributed by atoms with E-state index in [9.17, 15) is 4.79 Å². The number of rotatable bonds is 6. The minimum atomic E-state index is -0.465. The van der Waals surface area contributed by atoms with E-state index in [0.29, 0.717) is 11.7 Å². The van der Waals surface area contributed by atoms with E-state index in [1.807, 2.05) is 24.3 Å². The lowest BCUT2D eigenvalue weighted by Crippen LogP contribution is -2.20. The summed E-state index contributed by atoms with van der Waals surface area (Å²) < 4.78 is 5.27. The number of anilines is 1. The van der Waals surface area contributed by atoms with E-state index in [2.05, 4.69) is 17.5 Å². The number of carbonyl (C=O) groups is 1. The molecule has 4 nitrogen and oxygen atoms in total. The molecule has 1 aromatic rings. The number of amides is 1. The first kappa shape index (κ1) is 13.5. The van der Waals surface area contributed by atoms with Crippen molar-refractivity contribution in [1.29, 1.82) is 0 Å². The van der Waals surface area contributed by atoms with Crippen LogP contribution in [0.25, 0.3) is 0 Å². The molecule has 1 aliphatic carbocycles. The number of hydrogen-bond acceptors (Lipinski definition) is 3. The highest BCUT2D eigenvalue weighted by Gasteiger charge is 2.09. The summed E-state index contributed by atoms with van der Waals surface area (Å²) in [5.74, 6) is 0.889. The van der Waals surface area contributed by atoms with Gasteiger partial charge in [0.25, 0.3) is 5.91 Å². The highest BCUT2D eigenvalue weighted by atomic mass is 16.5. The molecule has 1 aliphatic rings. The second-order valence-electron chi connectivity index (χ2n) is 4.81. The zero-order valence-electron chi connectivity index (χ0n) is 11.0. The van der Waals surface area contributed by atoms with Gasteiger partial charge in [-0.15, -0.1) is 0 Å². The van der Waals surface area contributed by atoms with Crippen LogP contribution in [-0.2, 0) is 4.79 Å². The largest absolute Gasteiger partial charge is 0.484 e. The summed E-state index contributed by atoms with van der Waals surface area (Å²) in [5, 5.41) is 3.41. The van der Waals surface area contributed by atoms with Gasteiger partial charge >= 0.3 is 0 Å². The third-order valence-electron chi connectivity index (χ3n) is 3.19. The van der Waals surface area contributed by atoms with E-state index < -0.39 is 5.91 Å². The lowest BCUT2D eigenvalue weighted by Gasteiger charge is -2.19. The second kappa shape index (κ2) is 6.83. The van der Waals surface area contributed by atoms with Crippen molar-refractivity contribution in [2.45, 2.75) is 19.3 Å². The first-order chi connectivity index (χ1) is 9.24. The Kier molecular flexibility index (Phi) is 4.84. The molecule has 2 rings (SSSR count). The van der Waals surface area contributed by atoms with E-state index in [4.69, 9.17) is 10.5 Å². The molecule has 0 heterocycles. The van der Waals surface area contributed by atoms with Crippen molar-refractivity contribution in [2.75, 3.05) is 18.5 Å².